The van der Waals surface area contributed by atoms with Crippen LogP contribution in [-0.2, 0) is 14.9 Å². The van der Waals surface area contributed by atoms with Crippen molar-refractivity contribution in [2.75, 3.05) is 0 Å². The molecule has 2 aromatic rings. The number of benzene rings is 2. The van der Waals surface area contributed by atoms with Gasteiger partial charge in [0.25, 0.3) is 10.1 Å². The summed E-state index contributed by atoms with van der Waals surface area (Å²) in [6, 6.07) is 10.1. The molecule has 0 atom stereocenters. The van der Waals surface area contributed by atoms with Crippen molar-refractivity contribution in [1.82, 2.24) is 0 Å². The molecule has 0 spiro atoms. The number of nitrogens with zero attached hydrogens (tertiary/aromatic N) is 1. The summed E-state index contributed by atoms with van der Waals surface area (Å²) < 4.78 is 37.1. The van der Waals surface area contributed by atoms with E-state index in [-0.39, 0.29) is 11.4 Å². The van der Waals surface area contributed by atoms with Crippen LogP contribution in [0, 0.1) is 0 Å². The molecule has 21 heavy (non-hydrogen) atoms. The summed E-state index contributed by atoms with van der Waals surface area (Å²) >= 11 is 5.74. The molecule has 0 amide bonds. The topological polar surface area (TPSA) is 93.0 Å². The molecule has 108 valence electrons. The van der Waals surface area contributed by atoms with E-state index in [1.807, 2.05) is 0 Å². The van der Waals surface area contributed by atoms with E-state index in [0.717, 1.165) is 6.07 Å². The molecule has 0 fully saturated rings. The molecule has 0 aliphatic heterocycles. The van der Waals surface area contributed by atoms with Crippen LogP contribution in [0.2, 0.25) is 5.02 Å². The zero-order valence-corrected chi connectivity index (χ0v) is 11.9. The van der Waals surface area contributed by atoms with Gasteiger partial charge in [0.15, 0.2) is 0 Å². The van der Waals surface area contributed by atoms with E-state index in [2.05, 4.69) is 4.99 Å². The van der Waals surface area contributed by atoms with E-state index in [1.165, 1.54) is 18.2 Å². The molecule has 0 aliphatic rings. The maximum atomic E-state index is 11.3. The van der Waals surface area contributed by atoms with E-state index in [4.69, 9.17) is 20.9 Å². The Kier molecular flexibility index (Phi) is 4.40. The maximum Gasteiger partial charge on any atom is 0.296 e. The van der Waals surface area contributed by atoms with Gasteiger partial charge in [-0.2, -0.15) is 13.4 Å². The van der Waals surface area contributed by atoms with Gasteiger partial charge in [0.2, 0.25) is 6.08 Å². The predicted molar refractivity (Wildman–Crippen MR) is 75.6 cm³/mol. The summed E-state index contributed by atoms with van der Waals surface area (Å²) in [6.45, 7) is 0. The van der Waals surface area contributed by atoms with E-state index in [0.29, 0.717) is 10.8 Å². The lowest BCUT2D eigenvalue weighted by atomic mass is 10.3. The van der Waals surface area contributed by atoms with Crippen LogP contribution in [0.25, 0.3) is 0 Å². The van der Waals surface area contributed by atoms with E-state index < -0.39 is 15.0 Å². The third-order valence-electron chi connectivity index (χ3n) is 2.42. The largest absolute Gasteiger partial charge is 0.457 e. The van der Waals surface area contributed by atoms with Gasteiger partial charge in [-0.15, -0.1) is 0 Å². The van der Waals surface area contributed by atoms with Crippen LogP contribution in [0.5, 0.6) is 11.5 Å². The molecule has 0 aliphatic carbocycles. The molecule has 0 saturated heterocycles. The Bertz CT molecular complexity index is 811. The molecule has 6 nitrogen and oxygen atoms in total. The minimum atomic E-state index is -4.55. The van der Waals surface area contributed by atoms with Gasteiger partial charge < -0.3 is 4.74 Å². The van der Waals surface area contributed by atoms with Crippen molar-refractivity contribution < 1.29 is 22.5 Å². The van der Waals surface area contributed by atoms with Gasteiger partial charge in [-0.05, 0) is 36.4 Å². The highest BCUT2D eigenvalue weighted by molar-refractivity contribution is 7.86. The first kappa shape index (κ1) is 15.2. The van der Waals surface area contributed by atoms with Gasteiger partial charge in [0, 0.05) is 11.1 Å². The molecule has 0 aromatic heterocycles. The standard InChI is InChI=1S/C13H8ClNO5S/c14-9-1-3-10(4-2-9)20-11-5-6-12(15-8-16)13(7-11)21(17,18)19/h1-7H,(H,17,18,19). The fourth-order valence-electron chi connectivity index (χ4n) is 1.54. The van der Waals surface area contributed by atoms with Crippen LogP contribution in [0.3, 0.4) is 0 Å². The van der Waals surface area contributed by atoms with Crippen molar-refractivity contribution in [2.24, 2.45) is 4.99 Å². The average molecular weight is 326 g/mol. The highest BCUT2D eigenvalue weighted by atomic mass is 35.5. The van der Waals surface area contributed by atoms with Crippen LogP contribution in [0.15, 0.2) is 52.4 Å². The lowest BCUT2D eigenvalue weighted by molar-refractivity contribution is 0.472. The quantitative estimate of drug-likeness (QED) is 0.528. The lowest BCUT2D eigenvalue weighted by Crippen LogP contribution is -1.99. The third-order valence-corrected chi connectivity index (χ3v) is 3.56. The van der Waals surface area contributed by atoms with Crippen LogP contribution < -0.4 is 4.74 Å². The Labute approximate surface area is 125 Å². The summed E-state index contributed by atoms with van der Waals surface area (Å²) in [5.41, 5.74) is -0.226. The van der Waals surface area contributed by atoms with Crippen molar-refractivity contribution in [3.63, 3.8) is 0 Å². The van der Waals surface area contributed by atoms with Crippen LogP contribution in [0.1, 0.15) is 0 Å². The zero-order chi connectivity index (χ0) is 15.5. The first-order chi connectivity index (χ1) is 9.90. The van der Waals surface area contributed by atoms with Crippen molar-refractivity contribution >= 4 is 33.5 Å². The number of hydrogen-bond donors (Lipinski definition) is 1. The Morgan fingerprint density at radius 3 is 2.29 bits per heavy atom. The van der Waals surface area contributed by atoms with E-state index in [1.54, 1.807) is 24.3 Å². The number of aliphatic imine (C=N–C) groups is 1. The smallest absolute Gasteiger partial charge is 0.296 e. The third kappa shape index (κ3) is 3.90. The van der Waals surface area contributed by atoms with Crippen LogP contribution in [0.4, 0.5) is 5.69 Å². The number of hydrogen-bond acceptors (Lipinski definition) is 5. The molecule has 2 rings (SSSR count). The van der Waals surface area contributed by atoms with E-state index in [9.17, 15) is 13.2 Å². The normalized spacial score (nSPS) is 10.8. The Hall–Kier alpha value is -2.18. The molecule has 0 heterocycles. The second-order valence-corrected chi connectivity index (χ2v) is 5.69. The Morgan fingerprint density at radius 2 is 1.71 bits per heavy atom. The fourth-order valence-corrected chi connectivity index (χ4v) is 2.31. The van der Waals surface area contributed by atoms with Gasteiger partial charge in [-0.1, -0.05) is 11.6 Å². The second kappa shape index (κ2) is 6.07. The number of ether oxygens (including phenoxy) is 1. The van der Waals surface area contributed by atoms with Crippen LogP contribution >= 0.6 is 11.6 Å². The van der Waals surface area contributed by atoms with Crippen molar-refractivity contribution in [3.8, 4) is 11.5 Å². The average Bonchev–Trinajstić information content (AvgIpc) is 2.42. The summed E-state index contributed by atoms with van der Waals surface area (Å²) in [5.74, 6) is 0.571. The Morgan fingerprint density at radius 1 is 1.10 bits per heavy atom. The van der Waals surface area contributed by atoms with Gasteiger partial charge >= 0.3 is 0 Å². The van der Waals surface area contributed by atoms with Crippen molar-refractivity contribution in [3.05, 3.63) is 47.5 Å². The second-order valence-electron chi connectivity index (χ2n) is 3.86. The summed E-state index contributed by atoms with van der Waals surface area (Å²) in [5, 5.41) is 0.525. The van der Waals surface area contributed by atoms with Crippen molar-refractivity contribution in [2.45, 2.75) is 4.90 Å². The molecule has 8 heteroatoms. The Balaban J connectivity index is 2.42. The first-order valence-electron chi connectivity index (χ1n) is 5.53. The monoisotopic (exact) mass is 325 g/mol. The number of rotatable bonds is 4. The molecule has 1 N–H and O–H groups in total. The molecule has 2 aromatic carbocycles. The molecule has 0 bridgehead atoms. The maximum absolute atomic E-state index is 11.3. The van der Waals surface area contributed by atoms with Gasteiger partial charge in [0.05, 0.1) is 5.69 Å². The SMILES string of the molecule is O=C=Nc1ccc(Oc2ccc(Cl)cc2)cc1S(=O)(=O)O. The summed E-state index contributed by atoms with van der Waals surface area (Å²) in [4.78, 5) is 12.9. The minimum absolute atomic E-state index is 0.148. The molecule has 0 saturated carbocycles. The molecular formula is C13H8ClNO5S. The molecule has 0 unspecified atom stereocenters. The minimum Gasteiger partial charge on any atom is -0.457 e. The first-order valence-corrected chi connectivity index (χ1v) is 7.35. The van der Waals surface area contributed by atoms with Crippen molar-refractivity contribution in [1.29, 1.82) is 0 Å². The highest BCUT2D eigenvalue weighted by Crippen LogP contribution is 2.31. The van der Waals surface area contributed by atoms with Gasteiger partial charge in [-0.3, -0.25) is 4.55 Å². The fraction of sp³-hybridized carbons (Fsp3) is 0. The highest BCUT2D eigenvalue weighted by Gasteiger charge is 2.17. The predicted octanol–water partition coefficient (Wildman–Crippen LogP) is 3.35. The molecule has 0 radical (unpaired) electrons. The summed E-state index contributed by atoms with van der Waals surface area (Å²) in [6.07, 6.45) is 1.22. The lowest BCUT2D eigenvalue weighted by Gasteiger charge is -2.08. The molecular weight excluding hydrogens is 318 g/mol. The number of isocyanates is 1. The zero-order valence-electron chi connectivity index (χ0n) is 10.4. The number of halogens is 1. The van der Waals surface area contributed by atoms with Crippen LogP contribution in [-0.4, -0.2) is 19.1 Å². The summed E-state index contributed by atoms with van der Waals surface area (Å²) in [7, 11) is -4.55. The van der Waals surface area contributed by atoms with Gasteiger partial charge in [0.1, 0.15) is 16.4 Å². The van der Waals surface area contributed by atoms with Gasteiger partial charge in [-0.25, -0.2) is 4.79 Å². The van der Waals surface area contributed by atoms with E-state index >= 15 is 0 Å². The number of carbonyl (C=O) groups excluding carboxylic acids is 1.